The molecule has 166 valence electrons. The number of halogens is 3. The van der Waals surface area contributed by atoms with E-state index in [-0.39, 0.29) is 38.8 Å². The Morgan fingerprint density at radius 3 is 2.55 bits per heavy atom. The van der Waals surface area contributed by atoms with Crippen molar-refractivity contribution in [2.24, 2.45) is 0 Å². The molecule has 0 atom stereocenters. The number of amides is 1. The number of hydrogen-bond donors (Lipinski definition) is 1. The van der Waals surface area contributed by atoms with Crippen LogP contribution >= 0.6 is 11.6 Å². The zero-order chi connectivity index (χ0) is 22.7. The van der Waals surface area contributed by atoms with Gasteiger partial charge in [0, 0.05) is 12.3 Å². The van der Waals surface area contributed by atoms with Crippen molar-refractivity contribution < 1.29 is 26.5 Å². The van der Waals surface area contributed by atoms with Gasteiger partial charge in [-0.3, -0.25) is 14.5 Å². The predicted molar refractivity (Wildman–Crippen MR) is 107 cm³/mol. The molecule has 0 radical (unpaired) electrons. The van der Waals surface area contributed by atoms with E-state index in [0.717, 1.165) is 0 Å². The fraction of sp³-hybridized carbons (Fsp3) is 0.389. The van der Waals surface area contributed by atoms with Crippen LogP contribution in [0.2, 0.25) is 5.02 Å². The van der Waals surface area contributed by atoms with Crippen LogP contribution in [0, 0.1) is 6.92 Å². The fourth-order valence-electron chi connectivity index (χ4n) is 3.23. The number of nitrogens with zero attached hydrogens (tertiary/aromatic N) is 4. The molecular weight excluding hydrogens is 456 g/mol. The SMILES string of the molecule is Cc1cc(NC(=O)c2cc3nc(C(C)C)c(S(=O)(=O)N4CC(F)(F)C4)n3cc2Cl)on1. The van der Waals surface area contributed by atoms with E-state index in [1.54, 1.807) is 20.8 Å². The second-order valence-electron chi connectivity index (χ2n) is 7.64. The molecule has 13 heteroatoms. The first-order chi connectivity index (χ1) is 14.4. The minimum Gasteiger partial charge on any atom is -0.338 e. The number of alkyl halides is 2. The number of carbonyl (C=O) groups excluding carboxylic acids is 1. The van der Waals surface area contributed by atoms with Crippen LogP contribution in [0.1, 0.15) is 41.5 Å². The van der Waals surface area contributed by atoms with E-state index in [1.165, 1.54) is 22.7 Å². The van der Waals surface area contributed by atoms with Crippen LogP contribution in [0.15, 0.2) is 27.9 Å². The minimum absolute atomic E-state index is 0.0305. The highest BCUT2D eigenvalue weighted by atomic mass is 35.5. The molecule has 0 aromatic carbocycles. The molecule has 3 aromatic heterocycles. The first kappa shape index (κ1) is 21.7. The summed E-state index contributed by atoms with van der Waals surface area (Å²) in [6.45, 7) is 3.35. The van der Waals surface area contributed by atoms with E-state index < -0.39 is 34.9 Å². The molecule has 1 amide bonds. The molecule has 0 bridgehead atoms. The third kappa shape index (κ3) is 3.79. The van der Waals surface area contributed by atoms with Gasteiger partial charge >= 0.3 is 0 Å². The first-order valence-corrected chi connectivity index (χ1v) is 11.0. The second kappa shape index (κ2) is 7.24. The molecule has 1 saturated heterocycles. The Bertz CT molecular complexity index is 1290. The van der Waals surface area contributed by atoms with Crippen molar-refractivity contribution in [3.05, 3.63) is 40.3 Å². The number of aromatic nitrogens is 3. The lowest BCUT2D eigenvalue weighted by atomic mass is 10.2. The molecule has 0 saturated carbocycles. The highest BCUT2D eigenvalue weighted by Crippen LogP contribution is 2.36. The van der Waals surface area contributed by atoms with Gasteiger partial charge in [0.2, 0.25) is 5.88 Å². The highest BCUT2D eigenvalue weighted by Gasteiger charge is 2.51. The Balaban J connectivity index is 1.79. The smallest absolute Gasteiger partial charge is 0.275 e. The molecule has 4 rings (SSSR count). The molecule has 1 N–H and O–H groups in total. The molecule has 1 fully saturated rings. The van der Waals surface area contributed by atoms with Gasteiger partial charge in [-0.2, -0.15) is 4.31 Å². The number of fused-ring (bicyclic) bond motifs is 1. The summed E-state index contributed by atoms with van der Waals surface area (Å²) in [5.41, 5.74) is 0.925. The number of rotatable bonds is 5. The largest absolute Gasteiger partial charge is 0.338 e. The van der Waals surface area contributed by atoms with E-state index in [1.807, 2.05) is 0 Å². The summed E-state index contributed by atoms with van der Waals surface area (Å²) in [6.07, 6.45) is 1.24. The van der Waals surface area contributed by atoms with Gasteiger partial charge in [-0.25, -0.2) is 22.2 Å². The zero-order valence-electron chi connectivity index (χ0n) is 16.7. The normalized spacial score (nSPS) is 16.6. The molecule has 4 heterocycles. The van der Waals surface area contributed by atoms with Crippen LogP contribution in [0.4, 0.5) is 14.7 Å². The van der Waals surface area contributed by atoms with Gasteiger partial charge < -0.3 is 4.52 Å². The van der Waals surface area contributed by atoms with Gasteiger partial charge in [0.25, 0.3) is 21.9 Å². The predicted octanol–water partition coefficient (Wildman–Crippen LogP) is 3.30. The monoisotopic (exact) mass is 473 g/mol. The molecule has 0 spiro atoms. The van der Waals surface area contributed by atoms with E-state index in [2.05, 4.69) is 15.5 Å². The molecule has 9 nitrogen and oxygen atoms in total. The maximum absolute atomic E-state index is 13.3. The number of aryl methyl sites for hydroxylation is 1. The van der Waals surface area contributed by atoms with Crippen LogP contribution in [0.5, 0.6) is 0 Å². The Morgan fingerprint density at radius 2 is 2.00 bits per heavy atom. The van der Waals surface area contributed by atoms with Crippen LogP contribution in [-0.2, 0) is 10.0 Å². The summed E-state index contributed by atoms with van der Waals surface area (Å²) in [6, 6.07) is 2.85. The minimum atomic E-state index is -4.26. The molecule has 3 aromatic rings. The Kier molecular flexibility index (Phi) is 5.06. The molecule has 1 aliphatic rings. The lowest BCUT2D eigenvalue weighted by molar-refractivity contribution is -0.0946. The maximum atomic E-state index is 13.3. The summed E-state index contributed by atoms with van der Waals surface area (Å²) < 4.78 is 59.6. The Labute approximate surface area is 181 Å². The van der Waals surface area contributed by atoms with Crippen LogP contribution in [0.25, 0.3) is 5.65 Å². The van der Waals surface area contributed by atoms with Crippen LogP contribution in [0.3, 0.4) is 0 Å². The summed E-state index contributed by atoms with van der Waals surface area (Å²) in [5.74, 6) is -3.89. The van der Waals surface area contributed by atoms with E-state index in [0.29, 0.717) is 10.00 Å². The number of imidazole rings is 1. The van der Waals surface area contributed by atoms with E-state index in [9.17, 15) is 22.0 Å². The highest BCUT2D eigenvalue weighted by molar-refractivity contribution is 7.89. The first-order valence-electron chi connectivity index (χ1n) is 9.23. The van der Waals surface area contributed by atoms with Crippen molar-refractivity contribution >= 4 is 39.1 Å². The van der Waals surface area contributed by atoms with Gasteiger partial charge in [-0.1, -0.05) is 30.6 Å². The van der Waals surface area contributed by atoms with Crippen molar-refractivity contribution in [1.29, 1.82) is 0 Å². The van der Waals surface area contributed by atoms with Crippen LogP contribution in [-0.4, -0.2) is 52.2 Å². The Morgan fingerprint density at radius 1 is 1.32 bits per heavy atom. The van der Waals surface area contributed by atoms with Crippen molar-refractivity contribution in [3.8, 4) is 0 Å². The lowest BCUT2D eigenvalue weighted by Crippen LogP contribution is -2.58. The third-order valence-corrected chi connectivity index (χ3v) is 6.88. The van der Waals surface area contributed by atoms with E-state index in [4.69, 9.17) is 16.1 Å². The topological polar surface area (TPSA) is 110 Å². The van der Waals surface area contributed by atoms with Crippen molar-refractivity contribution in [3.63, 3.8) is 0 Å². The molecule has 31 heavy (non-hydrogen) atoms. The van der Waals surface area contributed by atoms with Crippen LogP contribution < -0.4 is 5.32 Å². The number of nitrogens with one attached hydrogen (secondary N) is 1. The molecule has 1 aliphatic heterocycles. The molecular formula is C18H18ClF2N5O4S. The summed E-state index contributed by atoms with van der Waals surface area (Å²) in [4.78, 5) is 17.0. The van der Waals surface area contributed by atoms with Crippen molar-refractivity contribution in [1.82, 2.24) is 18.8 Å². The van der Waals surface area contributed by atoms with Gasteiger partial charge in [0.1, 0.15) is 5.65 Å². The molecule has 0 unspecified atom stereocenters. The Hall–Kier alpha value is -2.57. The van der Waals surface area contributed by atoms with Gasteiger partial charge in [0.05, 0.1) is 35.1 Å². The van der Waals surface area contributed by atoms with Gasteiger partial charge in [0.15, 0.2) is 5.03 Å². The number of hydrogen-bond acceptors (Lipinski definition) is 6. The number of anilines is 1. The average molecular weight is 474 g/mol. The fourth-order valence-corrected chi connectivity index (χ4v) is 5.37. The number of pyridine rings is 1. The quantitative estimate of drug-likeness (QED) is 0.608. The maximum Gasteiger partial charge on any atom is 0.275 e. The van der Waals surface area contributed by atoms with E-state index >= 15 is 0 Å². The molecule has 0 aliphatic carbocycles. The number of carbonyl (C=O) groups is 1. The standard InChI is InChI=1S/C18H18ClF2N5O4S/c1-9(2)15-17(31(28,29)25-7-18(20,21)8-25)26-6-12(19)11(5-13(26)22-15)16(27)23-14-4-10(3)24-30-14/h4-6,9H,7-8H2,1-3H3,(H,23,27). The van der Waals surface area contributed by atoms with Gasteiger partial charge in [-0.15, -0.1) is 0 Å². The summed E-state index contributed by atoms with van der Waals surface area (Å²) in [5, 5.41) is 5.88. The summed E-state index contributed by atoms with van der Waals surface area (Å²) >= 11 is 6.27. The third-order valence-electron chi connectivity index (χ3n) is 4.75. The zero-order valence-corrected chi connectivity index (χ0v) is 18.3. The number of sulfonamides is 1. The lowest BCUT2D eigenvalue weighted by Gasteiger charge is -2.37. The van der Waals surface area contributed by atoms with Gasteiger partial charge in [-0.05, 0) is 18.9 Å². The second-order valence-corrected chi connectivity index (χ2v) is 9.90. The van der Waals surface area contributed by atoms with Crippen molar-refractivity contribution in [2.75, 3.05) is 18.4 Å². The average Bonchev–Trinajstić information content (AvgIpc) is 3.22. The summed E-state index contributed by atoms with van der Waals surface area (Å²) in [7, 11) is -4.26. The van der Waals surface area contributed by atoms with Crippen molar-refractivity contribution in [2.45, 2.75) is 37.6 Å².